The van der Waals surface area contributed by atoms with Gasteiger partial charge in [0.15, 0.2) is 0 Å². The van der Waals surface area contributed by atoms with E-state index in [1.54, 1.807) is 13.1 Å². The Kier molecular flexibility index (Phi) is 4.70. The van der Waals surface area contributed by atoms with E-state index in [4.69, 9.17) is 4.74 Å². The minimum atomic E-state index is -0.438. The molecule has 1 atom stereocenters. The summed E-state index contributed by atoms with van der Waals surface area (Å²) in [7, 11) is 4.31. The maximum atomic E-state index is 12.4. The first-order valence-electron chi connectivity index (χ1n) is 6.71. The molecule has 22 heavy (non-hydrogen) atoms. The zero-order valence-electron chi connectivity index (χ0n) is 12.8. The summed E-state index contributed by atoms with van der Waals surface area (Å²) < 4.78 is 7.12. The van der Waals surface area contributed by atoms with Gasteiger partial charge in [0.05, 0.1) is 12.5 Å². The average molecular weight is 323 g/mol. The molecule has 0 fully saturated rings. The fourth-order valence-electron chi connectivity index (χ4n) is 2.14. The van der Waals surface area contributed by atoms with E-state index >= 15 is 0 Å². The summed E-state index contributed by atoms with van der Waals surface area (Å²) in [5, 5.41) is -0.0861. The van der Waals surface area contributed by atoms with Gasteiger partial charge in [-0.3, -0.25) is 18.7 Å². The first-order chi connectivity index (χ1) is 10.4. The Morgan fingerprint density at radius 2 is 2.05 bits per heavy atom. The van der Waals surface area contributed by atoms with Gasteiger partial charge in [-0.05, 0) is 12.5 Å². The minimum Gasteiger partial charge on any atom is -0.468 e. The van der Waals surface area contributed by atoms with Crippen molar-refractivity contribution in [2.45, 2.75) is 23.5 Å². The number of pyridine rings is 1. The predicted molar refractivity (Wildman–Crippen MR) is 84.2 cm³/mol. The second kappa shape index (κ2) is 6.35. The van der Waals surface area contributed by atoms with E-state index in [0.29, 0.717) is 22.3 Å². The van der Waals surface area contributed by atoms with E-state index in [1.807, 2.05) is 6.92 Å². The number of aryl methyl sites for hydroxylation is 1. The molecule has 2 aromatic heterocycles. The topological polar surface area (TPSA) is 83.2 Å². The normalized spacial score (nSPS) is 12.4. The maximum Gasteiger partial charge on any atom is 0.332 e. The molecule has 0 bridgehead atoms. The molecule has 8 heteroatoms. The molecular formula is C14H17N3O4S. The Balaban J connectivity index is 2.68. The van der Waals surface area contributed by atoms with Crippen molar-refractivity contribution in [2.75, 3.05) is 7.11 Å². The zero-order chi connectivity index (χ0) is 16.4. The fraction of sp³-hybridized carbons (Fsp3) is 0.429. The van der Waals surface area contributed by atoms with Crippen LogP contribution in [0.4, 0.5) is 0 Å². The lowest BCUT2D eigenvalue weighted by Gasteiger charge is -2.14. The molecule has 0 N–H and O–H groups in total. The number of fused-ring (bicyclic) bond motifs is 1. The molecule has 2 heterocycles. The second-order valence-electron chi connectivity index (χ2n) is 4.75. The van der Waals surface area contributed by atoms with Gasteiger partial charge in [0, 0.05) is 25.2 Å². The Bertz CT molecular complexity index is 840. The summed E-state index contributed by atoms with van der Waals surface area (Å²) in [6.07, 6.45) is 2.08. The molecule has 2 rings (SSSR count). The summed E-state index contributed by atoms with van der Waals surface area (Å²) in [5.41, 5.74) is -0.557. The van der Waals surface area contributed by atoms with Gasteiger partial charge in [0.2, 0.25) is 0 Å². The smallest absolute Gasteiger partial charge is 0.332 e. The molecule has 0 saturated heterocycles. The van der Waals surface area contributed by atoms with Gasteiger partial charge >= 0.3 is 11.7 Å². The number of aromatic nitrogens is 3. The van der Waals surface area contributed by atoms with Gasteiger partial charge in [0.25, 0.3) is 5.56 Å². The Morgan fingerprint density at radius 3 is 2.64 bits per heavy atom. The quantitative estimate of drug-likeness (QED) is 0.608. The largest absolute Gasteiger partial charge is 0.468 e. The van der Waals surface area contributed by atoms with E-state index in [9.17, 15) is 14.4 Å². The number of rotatable bonds is 4. The van der Waals surface area contributed by atoms with Gasteiger partial charge in [-0.25, -0.2) is 9.78 Å². The lowest BCUT2D eigenvalue weighted by atomic mass is 10.3. The number of hydrogen-bond acceptors (Lipinski definition) is 6. The van der Waals surface area contributed by atoms with E-state index in [0.717, 1.165) is 4.57 Å². The maximum absolute atomic E-state index is 12.4. The lowest BCUT2D eigenvalue weighted by molar-refractivity contribution is -0.140. The van der Waals surface area contributed by atoms with Crippen LogP contribution >= 0.6 is 11.8 Å². The number of esters is 1. The number of nitrogens with zero attached hydrogens (tertiary/aromatic N) is 3. The first kappa shape index (κ1) is 16.3. The molecule has 2 aromatic rings. The molecular weight excluding hydrogens is 306 g/mol. The lowest BCUT2D eigenvalue weighted by Crippen LogP contribution is -2.37. The summed E-state index contributed by atoms with van der Waals surface area (Å²) in [6, 6.07) is 1.67. The van der Waals surface area contributed by atoms with Crippen LogP contribution in [0.3, 0.4) is 0 Å². The molecule has 0 unspecified atom stereocenters. The second-order valence-corrected chi connectivity index (χ2v) is 6.00. The monoisotopic (exact) mass is 323 g/mol. The molecule has 0 saturated carbocycles. The van der Waals surface area contributed by atoms with E-state index in [1.165, 1.54) is 36.7 Å². The minimum absolute atomic E-state index is 0.304. The van der Waals surface area contributed by atoms with Crippen LogP contribution in [0.2, 0.25) is 0 Å². The van der Waals surface area contributed by atoms with Crippen LogP contribution in [0.5, 0.6) is 0 Å². The number of hydrogen-bond donors (Lipinski definition) is 0. The third-order valence-corrected chi connectivity index (χ3v) is 4.81. The van der Waals surface area contributed by atoms with Gasteiger partial charge in [0.1, 0.15) is 10.9 Å². The highest BCUT2D eigenvalue weighted by Gasteiger charge is 2.21. The van der Waals surface area contributed by atoms with Gasteiger partial charge in [-0.2, -0.15) is 0 Å². The van der Waals surface area contributed by atoms with Crippen molar-refractivity contribution in [3.8, 4) is 0 Å². The van der Waals surface area contributed by atoms with Crippen LogP contribution in [0.15, 0.2) is 26.7 Å². The zero-order valence-corrected chi connectivity index (χ0v) is 13.6. The van der Waals surface area contributed by atoms with Crippen LogP contribution in [-0.4, -0.2) is 32.4 Å². The van der Waals surface area contributed by atoms with Crippen molar-refractivity contribution < 1.29 is 9.53 Å². The summed E-state index contributed by atoms with van der Waals surface area (Å²) >= 11 is 1.25. The SMILES string of the molecule is CC[C@@H](Sc1ccnc2c1c(=O)n(C)c(=O)n2C)C(=O)OC. The van der Waals surface area contributed by atoms with Crippen LogP contribution in [-0.2, 0) is 23.6 Å². The van der Waals surface area contributed by atoms with E-state index in [2.05, 4.69) is 4.98 Å². The Labute approximate surface area is 130 Å². The van der Waals surface area contributed by atoms with Crippen molar-refractivity contribution in [3.63, 3.8) is 0 Å². The van der Waals surface area contributed by atoms with Gasteiger partial charge in [-0.1, -0.05) is 6.92 Å². The first-order valence-corrected chi connectivity index (χ1v) is 7.59. The van der Waals surface area contributed by atoms with Crippen molar-refractivity contribution in [3.05, 3.63) is 33.1 Å². The van der Waals surface area contributed by atoms with Crippen LogP contribution in [0.25, 0.3) is 11.0 Å². The van der Waals surface area contributed by atoms with Crippen molar-refractivity contribution in [2.24, 2.45) is 14.1 Å². The van der Waals surface area contributed by atoms with Gasteiger partial charge in [-0.15, -0.1) is 11.8 Å². The van der Waals surface area contributed by atoms with Crippen LogP contribution in [0, 0.1) is 0 Å². The highest BCUT2D eigenvalue weighted by atomic mass is 32.2. The fourth-order valence-corrected chi connectivity index (χ4v) is 3.24. The van der Waals surface area contributed by atoms with Crippen molar-refractivity contribution in [1.82, 2.24) is 14.1 Å². The van der Waals surface area contributed by atoms with Crippen molar-refractivity contribution >= 4 is 28.8 Å². The van der Waals surface area contributed by atoms with E-state index < -0.39 is 16.5 Å². The highest BCUT2D eigenvalue weighted by Crippen LogP contribution is 2.29. The number of methoxy groups -OCH3 is 1. The number of carbonyl (C=O) groups is 1. The molecule has 7 nitrogen and oxygen atoms in total. The third kappa shape index (κ3) is 2.66. The summed E-state index contributed by atoms with van der Waals surface area (Å²) in [5.74, 6) is -0.348. The third-order valence-electron chi connectivity index (χ3n) is 3.41. The number of thioether (sulfide) groups is 1. The van der Waals surface area contributed by atoms with Crippen LogP contribution in [0.1, 0.15) is 13.3 Å². The number of carbonyl (C=O) groups excluding carboxylic acids is 1. The average Bonchev–Trinajstić information content (AvgIpc) is 2.54. The summed E-state index contributed by atoms with van der Waals surface area (Å²) in [6.45, 7) is 1.87. The summed E-state index contributed by atoms with van der Waals surface area (Å²) in [4.78, 5) is 40.9. The molecule has 0 radical (unpaired) electrons. The molecule has 0 spiro atoms. The molecule has 0 aliphatic carbocycles. The van der Waals surface area contributed by atoms with E-state index in [-0.39, 0.29) is 5.97 Å². The molecule has 118 valence electrons. The highest BCUT2D eigenvalue weighted by molar-refractivity contribution is 8.00. The molecule has 0 aliphatic rings. The molecule has 0 aromatic carbocycles. The van der Waals surface area contributed by atoms with Gasteiger partial charge < -0.3 is 4.74 Å². The number of ether oxygens (including phenoxy) is 1. The Morgan fingerprint density at radius 1 is 1.36 bits per heavy atom. The van der Waals surface area contributed by atoms with Crippen molar-refractivity contribution in [1.29, 1.82) is 0 Å². The molecule has 0 amide bonds. The van der Waals surface area contributed by atoms with Crippen LogP contribution < -0.4 is 11.2 Å². The predicted octanol–water partition coefficient (Wildman–Crippen LogP) is 0.676. The Hall–Kier alpha value is -2.09. The standard InChI is InChI=1S/C14H17N3O4S/c1-5-8(13(19)21-4)22-9-6-7-15-11-10(9)12(18)17(3)14(20)16(11)2/h6-8H,5H2,1-4H3/t8-/m1/s1. The molecule has 0 aliphatic heterocycles.